The third kappa shape index (κ3) is 1.91. The Morgan fingerprint density at radius 3 is 2.79 bits per heavy atom. The number of ketones is 1. The molecule has 0 N–H and O–H groups in total. The smallest absolute Gasteiger partial charge is 0.187 e. The summed E-state index contributed by atoms with van der Waals surface area (Å²) in [6.07, 6.45) is 15.0. The van der Waals surface area contributed by atoms with Gasteiger partial charge < -0.3 is 0 Å². The van der Waals surface area contributed by atoms with Crippen LogP contribution in [0.4, 0.5) is 0 Å². The Morgan fingerprint density at radius 1 is 1.00 bits per heavy atom. The minimum absolute atomic E-state index is 0.131. The highest BCUT2D eigenvalue weighted by Gasteiger charge is 2.20. The van der Waals surface area contributed by atoms with E-state index in [4.69, 9.17) is 0 Å². The van der Waals surface area contributed by atoms with E-state index in [-0.39, 0.29) is 5.78 Å². The topological polar surface area (TPSA) is 17.1 Å². The molecule has 2 aromatic carbocycles. The lowest BCUT2D eigenvalue weighted by Crippen LogP contribution is -2.23. The van der Waals surface area contributed by atoms with Gasteiger partial charge in [0.05, 0.1) is 0 Å². The van der Waals surface area contributed by atoms with Gasteiger partial charge in [-0.1, -0.05) is 42.5 Å². The highest BCUT2D eigenvalue weighted by Crippen LogP contribution is 2.28. The molecular weight excluding hydrogens is 292 g/mol. The normalized spacial score (nSPS) is 17.3. The summed E-state index contributed by atoms with van der Waals surface area (Å²) >= 11 is 0. The molecule has 0 aromatic heterocycles. The van der Waals surface area contributed by atoms with E-state index in [1.165, 1.54) is 39.6 Å². The lowest BCUT2D eigenvalue weighted by atomic mass is 9.86. The average molecular weight is 310 g/mol. The van der Waals surface area contributed by atoms with Crippen molar-refractivity contribution in [1.29, 1.82) is 0 Å². The zero-order valence-corrected chi connectivity index (χ0v) is 13.5. The third-order valence-corrected chi connectivity index (χ3v) is 5.35. The molecule has 0 saturated carbocycles. The van der Waals surface area contributed by atoms with E-state index in [1.54, 1.807) is 6.08 Å². The largest absolute Gasteiger partial charge is 0.289 e. The molecule has 116 valence electrons. The Hall–Kier alpha value is -2.67. The molecule has 24 heavy (non-hydrogen) atoms. The summed E-state index contributed by atoms with van der Waals surface area (Å²) < 4.78 is 0. The Bertz CT molecular complexity index is 1160. The van der Waals surface area contributed by atoms with Gasteiger partial charge in [0.25, 0.3) is 0 Å². The van der Waals surface area contributed by atoms with Crippen LogP contribution in [0.15, 0.2) is 48.6 Å². The van der Waals surface area contributed by atoms with Crippen molar-refractivity contribution in [2.75, 3.05) is 0 Å². The van der Waals surface area contributed by atoms with E-state index in [9.17, 15) is 4.79 Å². The molecule has 1 nitrogen and oxygen atoms in total. The Balaban J connectivity index is 1.97. The van der Waals surface area contributed by atoms with Gasteiger partial charge in [-0.3, -0.25) is 4.79 Å². The van der Waals surface area contributed by atoms with Crippen LogP contribution in [0.5, 0.6) is 0 Å². The molecule has 5 rings (SSSR count). The predicted octanol–water partition coefficient (Wildman–Crippen LogP) is 3.61. The van der Waals surface area contributed by atoms with Crippen molar-refractivity contribution in [3.8, 4) is 0 Å². The summed E-state index contributed by atoms with van der Waals surface area (Å²) in [5.41, 5.74) is 4.64. The molecular formula is C23H18O. The van der Waals surface area contributed by atoms with Crippen molar-refractivity contribution in [3.05, 3.63) is 86.1 Å². The van der Waals surface area contributed by atoms with Gasteiger partial charge in [-0.25, -0.2) is 0 Å². The molecule has 0 amide bonds. The monoisotopic (exact) mass is 310 g/mol. The molecule has 0 aliphatic heterocycles. The van der Waals surface area contributed by atoms with Crippen LogP contribution in [0.25, 0.3) is 17.7 Å². The fraction of sp³-hybridized carbons (Fsp3) is 0.174. The summed E-state index contributed by atoms with van der Waals surface area (Å²) in [6, 6.07) is 10.8. The van der Waals surface area contributed by atoms with Gasteiger partial charge in [0.1, 0.15) is 0 Å². The van der Waals surface area contributed by atoms with Gasteiger partial charge in [0.2, 0.25) is 0 Å². The number of hydrogen-bond acceptors (Lipinski definition) is 1. The van der Waals surface area contributed by atoms with E-state index in [0.29, 0.717) is 0 Å². The van der Waals surface area contributed by atoms with Crippen LogP contribution in [0.2, 0.25) is 0 Å². The van der Waals surface area contributed by atoms with Crippen LogP contribution in [-0.4, -0.2) is 5.78 Å². The van der Waals surface area contributed by atoms with Crippen molar-refractivity contribution in [3.63, 3.8) is 0 Å². The second-order valence-corrected chi connectivity index (χ2v) is 6.77. The Labute approximate surface area is 140 Å². The van der Waals surface area contributed by atoms with Crippen LogP contribution in [0, 0.1) is 10.4 Å². The first-order chi connectivity index (χ1) is 11.8. The molecule has 0 heterocycles. The fourth-order valence-corrected chi connectivity index (χ4v) is 4.21. The molecule has 0 bridgehead atoms. The highest BCUT2D eigenvalue weighted by molar-refractivity contribution is 6.10. The van der Waals surface area contributed by atoms with Crippen LogP contribution in [0.3, 0.4) is 0 Å². The number of carbonyl (C=O) groups is 1. The number of benzene rings is 2. The van der Waals surface area contributed by atoms with Crippen molar-refractivity contribution in [1.82, 2.24) is 0 Å². The lowest BCUT2D eigenvalue weighted by Gasteiger charge is -2.17. The summed E-state index contributed by atoms with van der Waals surface area (Å²) in [6.45, 7) is 0. The maximum Gasteiger partial charge on any atom is 0.187 e. The maximum atomic E-state index is 12.7. The van der Waals surface area contributed by atoms with Crippen LogP contribution in [0.1, 0.15) is 47.2 Å². The lowest BCUT2D eigenvalue weighted by molar-refractivity contribution is 0.104. The van der Waals surface area contributed by atoms with Gasteiger partial charge in [0, 0.05) is 5.56 Å². The van der Waals surface area contributed by atoms with Gasteiger partial charge in [0.15, 0.2) is 5.78 Å². The van der Waals surface area contributed by atoms with Gasteiger partial charge >= 0.3 is 0 Å². The first-order valence-corrected chi connectivity index (χ1v) is 8.73. The number of hydrogen-bond donors (Lipinski definition) is 0. The van der Waals surface area contributed by atoms with E-state index < -0.39 is 0 Å². The maximum absolute atomic E-state index is 12.7. The van der Waals surface area contributed by atoms with Crippen molar-refractivity contribution >= 4 is 23.5 Å². The third-order valence-electron chi connectivity index (χ3n) is 5.35. The molecule has 0 saturated heterocycles. The highest BCUT2D eigenvalue weighted by atomic mass is 16.1. The minimum Gasteiger partial charge on any atom is -0.289 e. The number of carbonyl (C=O) groups excluding carboxylic acids is 1. The minimum atomic E-state index is 0.131. The van der Waals surface area contributed by atoms with Crippen molar-refractivity contribution in [2.45, 2.75) is 25.7 Å². The molecule has 0 atom stereocenters. The van der Waals surface area contributed by atoms with E-state index in [0.717, 1.165) is 29.2 Å². The number of fused-ring (bicyclic) bond motifs is 4. The van der Waals surface area contributed by atoms with Gasteiger partial charge in [-0.2, -0.15) is 0 Å². The zero-order chi connectivity index (χ0) is 16.1. The van der Waals surface area contributed by atoms with Crippen molar-refractivity contribution in [2.24, 2.45) is 0 Å². The first kappa shape index (κ1) is 13.7. The zero-order valence-electron chi connectivity index (χ0n) is 13.5. The summed E-state index contributed by atoms with van der Waals surface area (Å²) in [5, 5.41) is 4.78. The standard InChI is InChI=1S/C23H18O/c24-22-12-6-11-18-19(15-7-2-1-3-8-15)14-20-17-10-5-4-9-16(17)13-21(20)23(18)22/h4-7,9-14H,1-3,8H2. The Morgan fingerprint density at radius 2 is 1.92 bits per heavy atom. The molecule has 1 heteroatoms. The first-order valence-electron chi connectivity index (χ1n) is 8.73. The SMILES string of the molecule is O=C1C=CC=c2c(C3=CCCCC3)cc3c(c21)C=c1ccccc1=3. The second-order valence-electron chi connectivity index (χ2n) is 6.77. The molecule has 0 fully saturated rings. The summed E-state index contributed by atoms with van der Waals surface area (Å²) in [7, 11) is 0. The van der Waals surface area contributed by atoms with Crippen LogP contribution < -0.4 is 10.4 Å². The summed E-state index contributed by atoms with van der Waals surface area (Å²) in [4.78, 5) is 12.7. The van der Waals surface area contributed by atoms with E-state index in [1.807, 2.05) is 6.08 Å². The van der Waals surface area contributed by atoms with E-state index in [2.05, 4.69) is 48.6 Å². The van der Waals surface area contributed by atoms with Gasteiger partial charge in [-0.05, 0) is 81.5 Å². The quantitative estimate of drug-likeness (QED) is 0.671. The van der Waals surface area contributed by atoms with Crippen LogP contribution in [-0.2, 0) is 0 Å². The Kier molecular flexibility index (Phi) is 2.96. The number of rotatable bonds is 1. The molecule has 3 aliphatic rings. The second kappa shape index (κ2) is 5.17. The van der Waals surface area contributed by atoms with E-state index >= 15 is 0 Å². The fourth-order valence-electron chi connectivity index (χ4n) is 4.21. The van der Waals surface area contributed by atoms with Crippen LogP contribution >= 0.6 is 0 Å². The molecule has 0 radical (unpaired) electrons. The molecule has 2 aromatic rings. The molecule has 0 unspecified atom stereocenters. The predicted molar refractivity (Wildman–Crippen MR) is 97.8 cm³/mol. The average Bonchev–Trinajstić information content (AvgIpc) is 3.00. The number of allylic oxidation sites excluding steroid dienone is 4. The summed E-state index contributed by atoms with van der Waals surface area (Å²) in [5.74, 6) is 0.131. The molecule has 3 aliphatic carbocycles. The van der Waals surface area contributed by atoms with Crippen molar-refractivity contribution < 1.29 is 4.79 Å². The molecule has 0 spiro atoms. The van der Waals surface area contributed by atoms with Gasteiger partial charge in [-0.15, -0.1) is 0 Å².